The molecule has 0 aliphatic rings. The Bertz CT molecular complexity index is 478. The first kappa shape index (κ1) is 17.5. The molecule has 1 rings (SSSR count). The number of halogens is 1. The molecule has 0 fully saturated rings. The first-order valence-corrected chi connectivity index (χ1v) is 7.28. The van der Waals surface area contributed by atoms with Crippen molar-refractivity contribution >= 4 is 17.3 Å². The molecule has 0 aliphatic heterocycles. The lowest BCUT2D eigenvalue weighted by Gasteiger charge is -2.18. The van der Waals surface area contributed by atoms with Gasteiger partial charge in [0.2, 0.25) is 0 Å². The fraction of sp³-hybridized carbons (Fsp3) is 0.571. The van der Waals surface area contributed by atoms with Gasteiger partial charge in [0.25, 0.3) is 5.69 Å². The summed E-state index contributed by atoms with van der Waals surface area (Å²) in [6, 6.07) is 2.58. The average Bonchev–Trinajstić information content (AvgIpc) is 2.48. The summed E-state index contributed by atoms with van der Waals surface area (Å²) in [7, 11) is 1.43. The Morgan fingerprint density at radius 3 is 2.52 bits per heavy atom. The first-order chi connectivity index (χ1) is 10.0. The molecule has 0 amide bonds. The van der Waals surface area contributed by atoms with Gasteiger partial charge >= 0.3 is 0 Å². The number of nitro groups is 1. The van der Waals surface area contributed by atoms with E-state index in [1.807, 2.05) is 0 Å². The second-order valence-electron chi connectivity index (χ2n) is 4.44. The van der Waals surface area contributed by atoms with Gasteiger partial charge in [0, 0.05) is 12.6 Å². The number of benzene rings is 1. The molecule has 0 atom stereocenters. The van der Waals surface area contributed by atoms with Crippen LogP contribution in [0.15, 0.2) is 12.1 Å². The lowest BCUT2D eigenvalue weighted by atomic mass is 10.2. The summed E-state index contributed by atoms with van der Waals surface area (Å²) in [4.78, 5) is 12.6. The van der Waals surface area contributed by atoms with Gasteiger partial charge in [0.05, 0.1) is 29.7 Å². The molecule has 1 aromatic carbocycles. The van der Waals surface area contributed by atoms with Crippen LogP contribution in [-0.2, 0) is 0 Å². The van der Waals surface area contributed by atoms with Crippen LogP contribution in [0.3, 0.4) is 0 Å². The maximum atomic E-state index is 10.8. The van der Waals surface area contributed by atoms with E-state index >= 15 is 0 Å². The summed E-state index contributed by atoms with van der Waals surface area (Å²) in [6.07, 6.45) is 0.845. The molecule has 0 N–H and O–H groups in total. The number of rotatable bonds is 9. The second kappa shape index (κ2) is 8.69. The zero-order valence-electron chi connectivity index (χ0n) is 12.6. The third-order valence-corrected chi connectivity index (χ3v) is 3.47. The monoisotopic (exact) mass is 316 g/mol. The van der Waals surface area contributed by atoms with Crippen molar-refractivity contribution in [3.8, 4) is 11.5 Å². The Labute approximate surface area is 129 Å². The maximum Gasteiger partial charge on any atom is 0.274 e. The van der Waals surface area contributed by atoms with E-state index in [0.29, 0.717) is 12.4 Å². The van der Waals surface area contributed by atoms with Crippen LogP contribution in [0.25, 0.3) is 0 Å². The molecule has 0 radical (unpaired) electrons. The molecule has 0 saturated carbocycles. The van der Waals surface area contributed by atoms with Gasteiger partial charge in [-0.2, -0.15) is 0 Å². The van der Waals surface area contributed by atoms with Crippen LogP contribution in [0.5, 0.6) is 11.5 Å². The molecule has 0 spiro atoms. The van der Waals surface area contributed by atoms with Crippen molar-refractivity contribution in [3.63, 3.8) is 0 Å². The standard InChI is InChI=1S/C14H21ClN2O4/c1-4-16(5-2)7-6-8-21-14-12(15)9-11(17(18)19)10-13(14)20-3/h9-10H,4-8H2,1-3H3. The predicted molar refractivity (Wildman–Crippen MR) is 82.6 cm³/mol. The van der Waals surface area contributed by atoms with Gasteiger partial charge < -0.3 is 14.4 Å². The molecule has 118 valence electrons. The van der Waals surface area contributed by atoms with Crippen molar-refractivity contribution in [2.75, 3.05) is 33.4 Å². The summed E-state index contributed by atoms with van der Waals surface area (Å²) in [5.74, 6) is 0.626. The predicted octanol–water partition coefficient (Wildman–Crippen LogP) is 3.37. The minimum atomic E-state index is -0.515. The van der Waals surface area contributed by atoms with Gasteiger partial charge in [0.15, 0.2) is 11.5 Å². The van der Waals surface area contributed by atoms with Crippen LogP contribution in [0.2, 0.25) is 5.02 Å². The van der Waals surface area contributed by atoms with Crippen LogP contribution < -0.4 is 9.47 Å². The minimum absolute atomic E-state index is 0.118. The highest BCUT2D eigenvalue weighted by atomic mass is 35.5. The van der Waals surface area contributed by atoms with Gasteiger partial charge in [0.1, 0.15) is 0 Å². The van der Waals surface area contributed by atoms with Gasteiger partial charge in [-0.1, -0.05) is 25.4 Å². The van der Waals surface area contributed by atoms with Crippen LogP contribution >= 0.6 is 11.6 Å². The van der Waals surface area contributed by atoms with Crippen LogP contribution in [0.4, 0.5) is 5.69 Å². The van der Waals surface area contributed by atoms with Crippen LogP contribution in [0.1, 0.15) is 20.3 Å². The van der Waals surface area contributed by atoms with Gasteiger partial charge in [-0.15, -0.1) is 0 Å². The highest BCUT2D eigenvalue weighted by molar-refractivity contribution is 6.32. The van der Waals surface area contributed by atoms with E-state index in [0.717, 1.165) is 26.1 Å². The van der Waals surface area contributed by atoms with E-state index in [2.05, 4.69) is 18.7 Å². The molecule has 0 saturated heterocycles. The summed E-state index contributed by atoms with van der Waals surface area (Å²) in [5, 5.41) is 11.0. The zero-order chi connectivity index (χ0) is 15.8. The van der Waals surface area contributed by atoms with Gasteiger partial charge in [-0.05, 0) is 19.5 Å². The Morgan fingerprint density at radius 1 is 1.33 bits per heavy atom. The van der Waals surface area contributed by atoms with E-state index in [1.165, 1.54) is 19.2 Å². The maximum absolute atomic E-state index is 10.8. The lowest BCUT2D eigenvalue weighted by molar-refractivity contribution is -0.384. The third-order valence-electron chi connectivity index (χ3n) is 3.18. The summed E-state index contributed by atoms with van der Waals surface area (Å²) >= 11 is 6.03. The molecule has 7 heteroatoms. The Balaban J connectivity index is 2.68. The molecule has 0 unspecified atom stereocenters. The largest absolute Gasteiger partial charge is 0.493 e. The van der Waals surface area contributed by atoms with Crippen molar-refractivity contribution in [1.82, 2.24) is 4.90 Å². The molecule has 0 heterocycles. The summed E-state index contributed by atoms with van der Waals surface area (Å²) in [5.41, 5.74) is -0.118. The number of hydrogen-bond acceptors (Lipinski definition) is 5. The van der Waals surface area contributed by atoms with Crippen molar-refractivity contribution in [1.29, 1.82) is 0 Å². The van der Waals surface area contributed by atoms with Crippen molar-refractivity contribution < 1.29 is 14.4 Å². The third kappa shape index (κ3) is 5.06. The van der Waals surface area contributed by atoms with Gasteiger partial charge in [-0.3, -0.25) is 10.1 Å². The van der Waals surface area contributed by atoms with E-state index in [1.54, 1.807) is 0 Å². The highest BCUT2D eigenvalue weighted by Crippen LogP contribution is 2.38. The van der Waals surface area contributed by atoms with Crippen LogP contribution in [0, 0.1) is 10.1 Å². The van der Waals surface area contributed by atoms with Crippen molar-refractivity contribution in [3.05, 3.63) is 27.3 Å². The SMILES string of the molecule is CCN(CC)CCCOc1c(Cl)cc([N+](=O)[O-])cc1OC. The van der Waals surface area contributed by atoms with Crippen LogP contribution in [-0.4, -0.2) is 43.2 Å². The van der Waals surface area contributed by atoms with E-state index < -0.39 is 4.92 Å². The molecule has 0 aliphatic carbocycles. The Morgan fingerprint density at radius 2 is 2.00 bits per heavy atom. The van der Waals surface area contributed by atoms with Gasteiger partial charge in [-0.25, -0.2) is 0 Å². The Hall–Kier alpha value is -1.53. The highest BCUT2D eigenvalue weighted by Gasteiger charge is 2.17. The average molecular weight is 317 g/mol. The van der Waals surface area contributed by atoms with Crippen molar-refractivity contribution in [2.45, 2.75) is 20.3 Å². The number of nitro benzene ring substituents is 1. The summed E-state index contributed by atoms with van der Waals surface area (Å²) < 4.78 is 10.7. The number of hydrogen-bond donors (Lipinski definition) is 0. The molecular weight excluding hydrogens is 296 g/mol. The number of nitrogens with zero attached hydrogens (tertiary/aromatic N) is 2. The fourth-order valence-electron chi connectivity index (χ4n) is 1.95. The van der Waals surface area contributed by atoms with E-state index in [4.69, 9.17) is 21.1 Å². The first-order valence-electron chi connectivity index (χ1n) is 6.90. The molecule has 6 nitrogen and oxygen atoms in total. The van der Waals surface area contributed by atoms with Crippen molar-refractivity contribution in [2.24, 2.45) is 0 Å². The van der Waals surface area contributed by atoms with E-state index in [-0.39, 0.29) is 16.5 Å². The van der Waals surface area contributed by atoms with E-state index in [9.17, 15) is 10.1 Å². The summed E-state index contributed by atoms with van der Waals surface area (Å²) in [6.45, 7) is 7.63. The number of ether oxygens (including phenoxy) is 2. The fourth-order valence-corrected chi connectivity index (χ4v) is 2.21. The quantitative estimate of drug-likeness (QED) is 0.397. The topological polar surface area (TPSA) is 64.8 Å². The molecule has 0 bridgehead atoms. The lowest BCUT2D eigenvalue weighted by Crippen LogP contribution is -2.25. The number of methoxy groups -OCH3 is 1. The molecule has 1 aromatic rings. The molecular formula is C14H21ClN2O4. The zero-order valence-corrected chi connectivity index (χ0v) is 13.4. The molecule has 21 heavy (non-hydrogen) atoms. The molecule has 0 aromatic heterocycles. The second-order valence-corrected chi connectivity index (χ2v) is 4.85. The smallest absolute Gasteiger partial charge is 0.274 e. The Kier molecular flexibility index (Phi) is 7.25. The number of non-ortho nitro benzene ring substituents is 1. The normalized spacial score (nSPS) is 10.7. The minimum Gasteiger partial charge on any atom is -0.493 e.